The van der Waals surface area contributed by atoms with Crippen LogP contribution in [0.25, 0.3) is 0 Å². The molecule has 0 radical (unpaired) electrons. The zero-order valence-corrected chi connectivity index (χ0v) is 21.2. The first kappa shape index (κ1) is 23.2. The second-order valence-corrected chi connectivity index (χ2v) is 10.9. The summed E-state index contributed by atoms with van der Waals surface area (Å²) in [5.74, 6) is 1.61. The van der Waals surface area contributed by atoms with E-state index in [1.807, 2.05) is 35.4 Å². The molecule has 2 amide bonds. The molecule has 2 unspecified atom stereocenters. The van der Waals surface area contributed by atoms with Gasteiger partial charge < -0.3 is 25.3 Å². The lowest BCUT2D eigenvalue weighted by molar-refractivity contribution is -0.123. The van der Waals surface area contributed by atoms with E-state index in [1.54, 1.807) is 0 Å². The Kier molecular flexibility index (Phi) is 5.82. The largest absolute Gasteiger partial charge is 0.354 e. The fourth-order valence-corrected chi connectivity index (χ4v) is 6.49. The first-order chi connectivity index (χ1) is 17.4. The van der Waals surface area contributed by atoms with Crippen molar-refractivity contribution in [3.8, 4) is 0 Å². The summed E-state index contributed by atoms with van der Waals surface area (Å²) >= 11 is 0. The average molecular weight is 490 g/mol. The first-order valence-electron chi connectivity index (χ1n) is 13.2. The van der Waals surface area contributed by atoms with Crippen LogP contribution in [0.4, 0.5) is 17.5 Å². The minimum Gasteiger partial charge on any atom is -0.354 e. The zero-order valence-electron chi connectivity index (χ0n) is 21.2. The van der Waals surface area contributed by atoms with Gasteiger partial charge in [0.2, 0.25) is 11.9 Å². The van der Waals surface area contributed by atoms with Crippen molar-refractivity contribution in [3.05, 3.63) is 41.6 Å². The fraction of sp³-hybridized carbons (Fsp3) is 0.556. The molecular formula is C27H35N7O2. The van der Waals surface area contributed by atoms with E-state index in [2.05, 4.69) is 39.5 Å². The topological polar surface area (TPSA) is 93.7 Å². The van der Waals surface area contributed by atoms with E-state index in [1.165, 1.54) is 12.8 Å². The molecule has 9 heteroatoms. The highest BCUT2D eigenvalue weighted by molar-refractivity contribution is 5.95. The third kappa shape index (κ3) is 3.89. The van der Waals surface area contributed by atoms with E-state index in [9.17, 15) is 9.59 Å². The second kappa shape index (κ2) is 9.03. The van der Waals surface area contributed by atoms with Crippen LogP contribution in [0.2, 0.25) is 0 Å². The highest BCUT2D eigenvalue weighted by Gasteiger charge is 2.55. The fourth-order valence-electron chi connectivity index (χ4n) is 6.49. The molecule has 1 aliphatic carbocycles. The number of aromatic nitrogens is 2. The van der Waals surface area contributed by atoms with Crippen LogP contribution >= 0.6 is 0 Å². The molecule has 9 nitrogen and oxygen atoms in total. The molecule has 0 bridgehead atoms. The highest BCUT2D eigenvalue weighted by atomic mass is 16.2. The van der Waals surface area contributed by atoms with Crippen molar-refractivity contribution in [2.75, 3.05) is 43.9 Å². The van der Waals surface area contributed by atoms with Crippen LogP contribution in [0.15, 0.2) is 30.5 Å². The predicted octanol–water partition coefficient (Wildman–Crippen LogP) is 2.56. The van der Waals surface area contributed by atoms with E-state index in [0.717, 1.165) is 55.8 Å². The van der Waals surface area contributed by atoms with Gasteiger partial charge in [-0.05, 0) is 64.0 Å². The molecule has 2 N–H and O–H groups in total. The standard InChI is InChI=1S/C27H35N7O2/c1-32(2)22-11-14-33(17-22)24(35)18-7-9-20(10-8-18)30-26-29-16-19-15-27(12-13-28-25(27)36)34(23(19)31-26)21-5-3-4-6-21/h7-10,16,21-22H,3-6,11-15,17H2,1-2H3,(H,28,36)(H,29,30,31). The average Bonchev–Trinajstić information content (AvgIpc) is 3.67. The Morgan fingerprint density at radius 2 is 1.94 bits per heavy atom. The van der Waals surface area contributed by atoms with Crippen molar-refractivity contribution in [1.82, 2.24) is 25.1 Å². The number of hydrogen-bond donors (Lipinski definition) is 2. The number of carbonyl (C=O) groups is 2. The van der Waals surface area contributed by atoms with Gasteiger partial charge in [-0.1, -0.05) is 12.8 Å². The van der Waals surface area contributed by atoms with Gasteiger partial charge in [0, 0.05) is 61.1 Å². The normalized spacial score (nSPS) is 25.8. The minimum atomic E-state index is -0.520. The van der Waals surface area contributed by atoms with Crippen molar-refractivity contribution < 1.29 is 9.59 Å². The van der Waals surface area contributed by atoms with Crippen LogP contribution in [-0.4, -0.2) is 82.9 Å². The number of likely N-dealkylation sites (N-methyl/N-ethyl adjacent to an activating group) is 1. The number of rotatable bonds is 5. The van der Waals surface area contributed by atoms with Gasteiger partial charge in [0.1, 0.15) is 11.4 Å². The maximum atomic E-state index is 13.0. The van der Waals surface area contributed by atoms with Gasteiger partial charge >= 0.3 is 0 Å². The summed E-state index contributed by atoms with van der Waals surface area (Å²) in [4.78, 5) is 41.9. The maximum Gasteiger partial charge on any atom is 0.253 e. The Morgan fingerprint density at radius 1 is 1.17 bits per heavy atom. The molecule has 2 saturated heterocycles. The zero-order chi connectivity index (χ0) is 24.9. The Bertz CT molecular complexity index is 1160. The maximum absolute atomic E-state index is 13.0. The molecule has 36 heavy (non-hydrogen) atoms. The van der Waals surface area contributed by atoms with Crippen LogP contribution < -0.4 is 15.5 Å². The Balaban J connectivity index is 1.19. The lowest BCUT2D eigenvalue weighted by Gasteiger charge is -2.38. The number of benzene rings is 1. The number of amides is 2. The molecule has 2 atom stereocenters. The number of hydrogen-bond acceptors (Lipinski definition) is 7. The van der Waals surface area contributed by atoms with E-state index in [-0.39, 0.29) is 11.8 Å². The third-order valence-electron chi connectivity index (χ3n) is 8.52. The molecule has 6 rings (SSSR count). The number of fused-ring (bicyclic) bond motifs is 1. The van der Waals surface area contributed by atoms with Crippen molar-refractivity contribution in [1.29, 1.82) is 0 Å². The van der Waals surface area contributed by atoms with Crippen LogP contribution in [0, 0.1) is 0 Å². The molecule has 3 fully saturated rings. The van der Waals surface area contributed by atoms with Crippen molar-refractivity contribution in [2.24, 2.45) is 0 Å². The van der Waals surface area contributed by atoms with Gasteiger partial charge in [0.05, 0.1) is 0 Å². The van der Waals surface area contributed by atoms with Crippen LogP contribution in [0.1, 0.15) is 54.4 Å². The van der Waals surface area contributed by atoms with Gasteiger partial charge in [0.15, 0.2) is 0 Å². The van der Waals surface area contributed by atoms with Gasteiger partial charge in [0.25, 0.3) is 5.91 Å². The summed E-state index contributed by atoms with van der Waals surface area (Å²) in [5.41, 5.74) is 2.05. The summed E-state index contributed by atoms with van der Waals surface area (Å²) in [6, 6.07) is 8.31. The molecule has 1 spiro atoms. The molecule has 190 valence electrons. The number of likely N-dealkylation sites (tertiary alicyclic amines) is 1. The van der Waals surface area contributed by atoms with Gasteiger partial charge in [-0.3, -0.25) is 9.59 Å². The molecule has 1 aromatic carbocycles. The van der Waals surface area contributed by atoms with Crippen LogP contribution in [-0.2, 0) is 11.2 Å². The first-order valence-corrected chi connectivity index (χ1v) is 13.2. The number of carbonyl (C=O) groups excluding carboxylic acids is 2. The summed E-state index contributed by atoms with van der Waals surface area (Å²) in [5, 5.41) is 6.37. The lowest BCUT2D eigenvalue weighted by atomic mass is 9.91. The van der Waals surface area contributed by atoms with E-state index >= 15 is 0 Å². The number of nitrogens with one attached hydrogen (secondary N) is 2. The van der Waals surface area contributed by atoms with E-state index < -0.39 is 5.54 Å². The van der Waals surface area contributed by atoms with Crippen molar-refractivity contribution in [3.63, 3.8) is 0 Å². The molecule has 2 aromatic rings. The Hall–Kier alpha value is -3.20. The summed E-state index contributed by atoms with van der Waals surface area (Å²) in [6.07, 6.45) is 8.96. The minimum absolute atomic E-state index is 0.0759. The molecule has 1 saturated carbocycles. The molecule has 1 aromatic heterocycles. The second-order valence-electron chi connectivity index (χ2n) is 10.9. The number of anilines is 3. The van der Waals surface area contributed by atoms with Crippen LogP contribution in [0.5, 0.6) is 0 Å². The summed E-state index contributed by atoms with van der Waals surface area (Å²) < 4.78 is 0. The van der Waals surface area contributed by atoms with Gasteiger partial charge in [-0.25, -0.2) is 4.98 Å². The van der Waals surface area contributed by atoms with Crippen LogP contribution in [0.3, 0.4) is 0 Å². The molecule has 3 aliphatic heterocycles. The van der Waals surface area contributed by atoms with E-state index in [4.69, 9.17) is 4.98 Å². The Labute approximate surface area is 212 Å². The quantitative estimate of drug-likeness (QED) is 0.667. The lowest BCUT2D eigenvalue weighted by Crippen LogP contribution is -2.56. The SMILES string of the molecule is CN(C)C1CCN(C(=O)c2ccc(Nc3ncc4c(n3)N(C3CCCC3)C3(CCNC3=O)C4)cc2)C1. The molecule has 4 aliphatic rings. The summed E-state index contributed by atoms with van der Waals surface area (Å²) in [7, 11) is 4.13. The molecule has 4 heterocycles. The van der Waals surface area contributed by atoms with Crippen molar-refractivity contribution in [2.45, 2.75) is 62.6 Å². The van der Waals surface area contributed by atoms with Gasteiger partial charge in [-0.2, -0.15) is 4.98 Å². The third-order valence-corrected chi connectivity index (χ3v) is 8.52. The smallest absolute Gasteiger partial charge is 0.253 e. The van der Waals surface area contributed by atoms with E-state index in [0.29, 0.717) is 36.6 Å². The number of nitrogens with zero attached hydrogens (tertiary/aromatic N) is 5. The van der Waals surface area contributed by atoms with Crippen molar-refractivity contribution >= 4 is 29.3 Å². The monoisotopic (exact) mass is 489 g/mol. The molecular weight excluding hydrogens is 454 g/mol. The summed E-state index contributed by atoms with van der Waals surface area (Å²) in [6.45, 7) is 2.28. The highest BCUT2D eigenvalue weighted by Crippen LogP contribution is 2.46. The van der Waals surface area contributed by atoms with Gasteiger partial charge in [-0.15, -0.1) is 0 Å². The predicted molar refractivity (Wildman–Crippen MR) is 139 cm³/mol. The Morgan fingerprint density at radius 3 is 2.61 bits per heavy atom.